The second-order valence-electron chi connectivity index (χ2n) is 4.84. The molecule has 0 radical (unpaired) electrons. The monoisotopic (exact) mass is 304 g/mol. The Morgan fingerprint density at radius 1 is 1.18 bits per heavy atom. The molecule has 0 aliphatic carbocycles. The summed E-state index contributed by atoms with van der Waals surface area (Å²) in [6, 6.07) is 7.37. The lowest BCUT2D eigenvalue weighted by molar-refractivity contribution is 0.0696. The van der Waals surface area contributed by atoms with Crippen molar-refractivity contribution in [2.45, 2.75) is 20.3 Å². The van der Waals surface area contributed by atoms with Gasteiger partial charge in [0.05, 0.1) is 12.7 Å². The molecule has 22 heavy (non-hydrogen) atoms. The van der Waals surface area contributed by atoms with Gasteiger partial charge >= 0.3 is 5.97 Å². The average molecular weight is 304 g/mol. The molecule has 0 amide bonds. The van der Waals surface area contributed by atoms with Gasteiger partial charge in [-0.3, -0.25) is 0 Å². The molecule has 0 unspecified atom stereocenters. The third-order valence-corrected chi connectivity index (χ3v) is 3.36. The molecule has 4 nitrogen and oxygen atoms in total. The summed E-state index contributed by atoms with van der Waals surface area (Å²) in [4.78, 5) is 10.9. The van der Waals surface area contributed by atoms with Crippen molar-refractivity contribution in [3.05, 3.63) is 52.8 Å². The fourth-order valence-corrected chi connectivity index (χ4v) is 2.10. The summed E-state index contributed by atoms with van der Waals surface area (Å²) in [7, 11) is 1.49. The van der Waals surface area contributed by atoms with E-state index < -0.39 is 5.97 Å². The molecule has 0 atom stereocenters. The van der Waals surface area contributed by atoms with Gasteiger partial charge in [0.25, 0.3) is 0 Å². The van der Waals surface area contributed by atoms with Crippen molar-refractivity contribution < 1.29 is 23.8 Å². The third-order valence-electron chi connectivity index (χ3n) is 3.36. The Morgan fingerprint density at radius 2 is 1.91 bits per heavy atom. The van der Waals surface area contributed by atoms with E-state index in [1.807, 2.05) is 6.92 Å². The van der Waals surface area contributed by atoms with E-state index in [1.54, 1.807) is 19.1 Å². The van der Waals surface area contributed by atoms with Crippen molar-refractivity contribution in [1.29, 1.82) is 0 Å². The number of hydrogen-bond donors (Lipinski definition) is 1. The van der Waals surface area contributed by atoms with Gasteiger partial charge in [-0.25, -0.2) is 9.18 Å². The fourth-order valence-electron chi connectivity index (χ4n) is 2.10. The molecule has 5 heteroatoms. The van der Waals surface area contributed by atoms with Gasteiger partial charge in [0.1, 0.15) is 11.6 Å². The Bertz CT molecular complexity index is 710. The van der Waals surface area contributed by atoms with E-state index in [2.05, 4.69) is 0 Å². The summed E-state index contributed by atoms with van der Waals surface area (Å²) in [6.07, 6.45) is 0.550. The number of carboxylic acid groups (broad SMARTS) is 1. The number of hydrogen-bond acceptors (Lipinski definition) is 3. The second-order valence-corrected chi connectivity index (χ2v) is 4.84. The van der Waals surface area contributed by atoms with E-state index in [-0.39, 0.29) is 17.1 Å². The van der Waals surface area contributed by atoms with Gasteiger partial charge < -0.3 is 14.6 Å². The highest BCUT2D eigenvalue weighted by molar-refractivity contribution is 5.88. The van der Waals surface area contributed by atoms with Crippen LogP contribution in [0, 0.1) is 12.7 Å². The maximum absolute atomic E-state index is 13.9. The largest absolute Gasteiger partial charge is 0.493 e. The number of rotatable bonds is 5. The second kappa shape index (κ2) is 6.47. The Kier molecular flexibility index (Phi) is 4.65. The van der Waals surface area contributed by atoms with Gasteiger partial charge in [0.15, 0.2) is 11.5 Å². The summed E-state index contributed by atoms with van der Waals surface area (Å²) >= 11 is 0. The molecule has 2 aromatic rings. The van der Waals surface area contributed by atoms with Gasteiger partial charge in [-0.2, -0.15) is 0 Å². The number of aromatic carboxylic acids is 1. The van der Waals surface area contributed by atoms with Crippen LogP contribution in [-0.2, 0) is 6.42 Å². The molecule has 0 aliphatic rings. The molecule has 2 rings (SSSR count). The molecule has 0 heterocycles. The maximum atomic E-state index is 13.9. The summed E-state index contributed by atoms with van der Waals surface area (Å²) < 4.78 is 24.8. The van der Waals surface area contributed by atoms with Crippen LogP contribution in [0.5, 0.6) is 17.2 Å². The molecular weight excluding hydrogens is 287 g/mol. The van der Waals surface area contributed by atoms with Crippen molar-refractivity contribution in [2.75, 3.05) is 7.11 Å². The lowest BCUT2D eigenvalue weighted by Gasteiger charge is -2.14. The highest BCUT2D eigenvalue weighted by Crippen LogP contribution is 2.35. The molecule has 2 aromatic carbocycles. The van der Waals surface area contributed by atoms with E-state index in [0.717, 1.165) is 0 Å². The quantitative estimate of drug-likeness (QED) is 0.899. The predicted molar refractivity (Wildman–Crippen MR) is 80.5 cm³/mol. The summed E-state index contributed by atoms with van der Waals surface area (Å²) in [5, 5.41) is 8.96. The normalized spacial score (nSPS) is 10.4. The zero-order valence-corrected chi connectivity index (χ0v) is 12.6. The van der Waals surface area contributed by atoms with Crippen LogP contribution in [0.3, 0.4) is 0 Å². The van der Waals surface area contributed by atoms with Crippen LogP contribution in [0.1, 0.15) is 28.4 Å². The molecule has 0 aromatic heterocycles. The zero-order valence-electron chi connectivity index (χ0n) is 12.6. The van der Waals surface area contributed by atoms with Gasteiger partial charge in [-0.1, -0.05) is 6.92 Å². The minimum Gasteiger partial charge on any atom is -0.493 e. The van der Waals surface area contributed by atoms with E-state index in [4.69, 9.17) is 14.6 Å². The summed E-state index contributed by atoms with van der Waals surface area (Å²) in [5.74, 6) is -0.237. The van der Waals surface area contributed by atoms with Crippen molar-refractivity contribution in [2.24, 2.45) is 0 Å². The summed E-state index contributed by atoms with van der Waals surface area (Å²) in [6.45, 7) is 3.58. The number of carboxylic acids is 1. The minimum atomic E-state index is -1.01. The maximum Gasteiger partial charge on any atom is 0.335 e. The fraction of sp³-hybridized carbons (Fsp3) is 0.235. The van der Waals surface area contributed by atoms with Crippen LogP contribution in [0.15, 0.2) is 30.3 Å². The van der Waals surface area contributed by atoms with Crippen LogP contribution in [0.2, 0.25) is 0 Å². The van der Waals surface area contributed by atoms with Crippen LogP contribution >= 0.6 is 0 Å². The molecule has 0 saturated heterocycles. The summed E-state index contributed by atoms with van der Waals surface area (Å²) in [5.41, 5.74) is 1.36. The minimum absolute atomic E-state index is 0.171. The Morgan fingerprint density at radius 3 is 2.45 bits per heavy atom. The van der Waals surface area contributed by atoms with E-state index in [9.17, 15) is 9.18 Å². The SMILES string of the molecule is CCc1cc(OC)c(Oc2ccc(C(=O)O)cc2C)cc1F. The van der Waals surface area contributed by atoms with E-state index in [0.29, 0.717) is 29.0 Å². The van der Waals surface area contributed by atoms with Gasteiger partial charge in [-0.05, 0) is 48.7 Å². The predicted octanol–water partition coefficient (Wildman–Crippen LogP) is 4.20. The Balaban J connectivity index is 2.38. The molecule has 0 bridgehead atoms. The first-order chi connectivity index (χ1) is 10.5. The first-order valence-electron chi connectivity index (χ1n) is 6.84. The van der Waals surface area contributed by atoms with Gasteiger partial charge in [0, 0.05) is 6.07 Å². The van der Waals surface area contributed by atoms with Crippen LogP contribution in [0.4, 0.5) is 4.39 Å². The average Bonchev–Trinajstić information content (AvgIpc) is 2.49. The Hall–Kier alpha value is -2.56. The van der Waals surface area contributed by atoms with Gasteiger partial charge in [-0.15, -0.1) is 0 Å². The number of benzene rings is 2. The number of aryl methyl sites for hydroxylation is 2. The van der Waals surface area contributed by atoms with Crippen LogP contribution < -0.4 is 9.47 Å². The zero-order chi connectivity index (χ0) is 16.3. The lowest BCUT2D eigenvalue weighted by Crippen LogP contribution is -1.99. The van der Waals surface area contributed by atoms with E-state index >= 15 is 0 Å². The molecule has 0 saturated carbocycles. The van der Waals surface area contributed by atoms with E-state index in [1.165, 1.54) is 25.3 Å². The number of halogens is 1. The first kappa shape index (κ1) is 15.8. The molecule has 0 fully saturated rings. The lowest BCUT2D eigenvalue weighted by atomic mass is 10.1. The standard InChI is InChI=1S/C17H17FO4/c1-4-11-8-15(21-3)16(9-13(11)18)22-14-6-5-12(17(19)20)7-10(14)2/h5-9H,4H2,1-3H3,(H,19,20). The first-order valence-corrected chi connectivity index (χ1v) is 6.84. The molecule has 0 aliphatic heterocycles. The number of methoxy groups -OCH3 is 1. The van der Waals surface area contributed by atoms with Crippen molar-refractivity contribution in [3.8, 4) is 17.2 Å². The Labute approximate surface area is 128 Å². The number of carbonyl (C=O) groups is 1. The molecular formula is C17H17FO4. The van der Waals surface area contributed by atoms with Crippen molar-refractivity contribution in [3.63, 3.8) is 0 Å². The molecule has 1 N–H and O–H groups in total. The highest BCUT2D eigenvalue weighted by Gasteiger charge is 2.13. The highest BCUT2D eigenvalue weighted by atomic mass is 19.1. The van der Waals surface area contributed by atoms with Crippen LogP contribution in [-0.4, -0.2) is 18.2 Å². The smallest absolute Gasteiger partial charge is 0.335 e. The third kappa shape index (κ3) is 3.19. The van der Waals surface area contributed by atoms with Gasteiger partial charge in [0.2, 0.25) is 0 Å². The molecule has 0 spiro atoms. The number of ether oxygens (including phenoxy) is 2. The van der Waals surface area contributed by atoms with Crippen molar-refractivity contribution in [1.82, 2.24) is 0 Å². The van der Waals surface area contributed by atoms with Crippen molar-refractivity contribution >= 4 is 5.97 Å². The van der Waals surface area contributed by atoms with Crippen LogP contribution in [0.25, 0.3) is 0 Å². The molecule has 116 valence electrons. The topological polar surface area (TPSA) is 55.8 Å².